The number of aromatic nitrogens is 1. The third kappa shape index (κ3) is 2.26. The average molecular weight is 263 g/mol. The Balaban J connectivity index is 2.53. The molecule has 0 bridgehead atoms. The number of Topliss-reactive ketones (excluding diaryl/α,β-unsaturated/α-hetero) is 1. The van der Waals surface area contributed by atoms with Crippen LogP contribution in [0.4, 0.5) is 0 Å². The van der Waals surface area contributed by atoms with Gasteiger partial charge >= 0.3 is 5.97 Å². The smallest absolute Gasteiger partial charge is 0.377 e. The molecule has 0 aliphatic carbocycles. The zero-order valence-electron chi connectivity index (χ0n) is 10.4. The van der Waals surface area contributed by atoms with Crippen molar-refractivity contribution in [2.75, 3.05) is 0 Å². The van der Waals surface area contributed by atoms with Crippen molar-refractivity contribution < 1.29 is 14.7 Å². The third-order valence-electron chi connectivity index (χ3n) is 2.49. The molecule has 0 aliphatic rings. The van der Waals surface area contributed by atoms with Gasteiger partial charge in [0.15, 0.2) is 0 Å². The summed E-state index contributed by atoms with van der Waals surface area (Å²) in [4.78, 5) is 26.5. The molecule has 1 N–H and O–H groups in total. The molecular formula is C13H13NO3S. The number of carboxylic acid groups (broad SMARTS) is 1. The Labute approximate surface area is 108 Å². The zero-order chi connectivity index (χ0) is 13.5. The molecule has 94 valence electrons. The molecule has 0 saturated heterocycles. The summed E-state index contributed by atoms with van der Waals surface area (Å²) in [6.45, 7) is 6.19. The highest BCUT2D eigenvalue weighted by atomic mass is 32.1. The van der Waals surface area contributed by atoms with E-state index in [1.807, 2.05) is 0 Å². The molecule has 2 rings (SSSR count). The molecule has 2 aromatic rings. The van der Waals surface area contributed by atoms with Crippen LogP contribution in [0.5, 0.6) is 0 Å². The number of hydrogen-bond donors (Lipinski definition) is 1. The normalized spacial score (nSPS) is 11.7. The number of rotatable bonds is 2. The van der Waals surface area contributed by atoms with E-state index in [9.17, 15) is 9.59 Å². The van der Waals surface area contributed by atoms with Gasteiger partial charge in [0.25, 0.3) is 5.78 Å². The van der Waals surface area contributed by atoms with Gasteiger partial charge in [0, 0.05) is 11.0 Å². The fraction of sp³-hybridized carbons (Fsp3) is 0.308. The summed E-state index contributed by atoms with van der Waals surface area (Å²) < 4.78 is 0.840. The monoisotopic (exact) mass is 263 g/mol. The molecule has 1 heterocycles. The van der Waals surface area contributed by atoms with Gasteiger partial charge in [-0.05, 0) is 18.2 Å². The van der Waals surface area contributed by atoms with Gasteiger partial charge in [-0.3, -0.25) is 4.79 Å². The number of benzene rings is 1. The number of hydrogen-bond acceptors (Lipinski definition) is 4. The quantitative estimate of drug-likeness (QED) is 0.668. The fourth-order valence-corrected chi connectivity index (χ4v) is 2.57. The summed E-state index contributed by atoms with van der Waals surface area (Å²) in [6.07, 6.45) is 0. The van der Waals surface area contributed by atoms with Crippen LogP contribution in [-0.2, 0) is 10.2 Å². The highest BCUT2D eigenvalue weighted by Gasteiger charge is 2.20. The van der Waals surface area contributed by atoms with Gasteiger partial charge in [0.2, 0.25) is 0 Å². The molecule has 0 atom stereocenters. The molecule has 0 unspecified atom stereocenters. The maximum atomic E-state index is 11.4. The number of carboxylic acids is 1. The van der Waals surface area contributed by atoms with E-state index in [0.717, 1.165) is 15.2 Å². The topological polar surface area (TPSA) is 67.3 Å². The molecule has 0 amide bonds. The van der Waals surface area contributed by atoms with E-state index in [0.29, 0.717) is 0 Å². The van der Waals surface area contributed by atoms with E-state index in [1.54, 1.807) is 12.1 Å². The minimum absolute atomic E-state index is 0.0549. The maximum absolute atomic E-state index is 11.4. The van der Waals surface area contributed by atoms with Crippen molar-refractivity contribution in [2.24, 2.45) is 0 Å². The lowest BCUT2D eigenvalue weighted by atomic mass is 9.98. The fourth-order valence-electron chi connectivity index (χ4n) is 1.51. The number of carbonyl (C=O) groups is 2. The Morgan fingerprint density at radius 1 is 1.28 bits per heavy atom. The molecule has 0 saturated carbocycles. The van der Waals surface area contributed by atoms with Gasteiger partial charge in [-0.2, -0.15) is 0 Å². The lowest BCUT2D eigenvalue weighted by molar-refractivity contribution is -0.131. The van der Waals surface area contributed by atoms with Gasteiger partial charge in [-0.15, -0.1) is 11.3 Å². The first kappa shape index (κ1) is 12.7. The Morgan fingerprint density at radius 2 is 1.94 bits per heavy atom. The van der Waals surface area contributed by atoms with Crippen molar-refractivity contribution in [1.82, 2.24) is 4.98 Å². The predicted molar refractivity (Wildman–Crippen MR) is 70.3 cm³/mol. The number of aliphatic carboxylic acids is 1. The molecule has 1 aromatic heterocycles. The van der Waals surface area contributed by atoms with E-state index < -0.39 is 11.8 Å². The molecular weight excluding hydrogens is 250 g/mol. The molecule has 18 heavy (non-hydrogen) atoms. The van der Waals surface area contributed by atoms with Crippen LogP contribution < -0.4 is 0 Å². The largest absolute Gasteiger partial charge is 0.475 e. The number of nitrogens with zero attached hydrogens (tertiary/aromatic N) is 1. The second-order valence-corrected chi connectivity index (χ2v) is 6.12. The van der Waals surface area contributed by atoms with Crippen LogP contribution in [-0.4, -0.2) is 21.8 Å². The summed E-state index contributed by atoms with van der Waals surface area (Å²) in [5.74, 6) is -2.32. The zero-order valence-corrected chi connectivity index (χ0v) is 11.2. The van der Waals surface area contributed by atoms with Gasteiger partial charge in [-0.25, -0.2) is 9.78 Å². The van der Waals surface area contributed by atoms with Gasteiger partial charge in [0.1, 0.15) is 0 Å². The van der Waals surface area contributed by atoms with Crippen LogP contribution in [0.3, 0.4) is 0 Å². The summed E-state index contributed by atoms with van der Waals surface area (Å²) in [7, 11) is 0. The van der Waals surface area contributed by atoms with E-state index in [4.69, 9.17) is 5.11 Å². The van der Waals surface area contributed by atoms with Crippen molar-refractivity contribution in [3.63, 3.8) is 0 Å². The van der Waals surface area contributed by atoms with Crippen LogP contribution in [0.15, 0.2) is 18.2 Å². The summed E-state index contributed by atoms with van der Waals surface area (Å²) in [5, 5.41) is 9.65. The third-order valence-corrected chi connectivity index (χ3v) is 3.93. The number of thiazole rings is 1. The second-order valence-electron chi connectivity index (χ2n) is 5.09. The van der Waals surface area contributed by atoms with Crippen molar-refractivity contribution in [3.05, 3.63) is 28.8 Å². The lowest BCUT2D eigenvalue weighted by Gasteiger charge is -2.13. The van der Waals surface area contributed by atoms with Crippen molar-refractivity contribution in [1.29, 1.82) is 0 Å². The van der Waals surface area contributed by atoms with Gasteiger partial charge in [0.05, 0.1) is 15.2 Å². The molecule has 4 nitrogen and oxygen atoms in total. The molecule has 0 fully saturated rings. The van der Waals surface area contributed by atoms with Crippen LogP contribution in [0.25, 0.3) is 10.2 Å². The first-order chi connectivity index (χ1) is 8.29. The standard InChI is InChI=1S/C13H13NO3S/c1-13(2,3)12-14-8-5-4-7(6-9(8)18-12)10(15)11(16)17/h4-6H,1-3H3,(H,16,17). The molecule has 5 heteroatoms. The predicted octanol–water partition coefficient (Wildman–Crippen LogP) is 2.86. The molecule has 1 aromatic carbocycles. The highest BCUT2D eigenvalue weighted by molar-refractivity contribution is 7.18. The summed E-state index contributed by atoms with van der Waals surface area (Å²) >= 11 is 1.49. The molecule has 0 spiro atoms. The first-order valence-electron chi connectivity index (χ1n) is 5.48. The lowest BCUT2D eigenvalue weighted by Crippen LogP contribution is -2.12. The Hall–Kier alpha value is -1.75. The minimum atomic E-state index is -1.44. The number of ketones is 1. The first-order valence-corrected chi connectivity index (χ1v) is 6.29. The van der Waals surface area contributed by atoms with Crippen molar-refractivity contribution in [2.45, 2.75) is 26.2 Å². The Morgan fingerprint density at radius 3 is 2.50 bits per heavy atom. The highest BCUT2D eigenvalue weighted by Crippen LogP contribution is 2.31. The van der Waals surface area contributed by atoms with E-state index in [2.05, 4.69) is 25.8 Å². The summed E-state index contributed by atoms with van der Waals surface area (Å²) in [5.41, 5.74) is 0.937. The molecule has 0 aliphatic heterocycles. The van der Waals surface area contributed by atoms with E-state index in [1.165, 1.54) is 17.4 Å². The Bertz CT molecular complexity index is 637. The summed E-state index contributed by atoms with van der Waals surface area (Å²) in [6, 6.07) is 4.79. The minimum Gasteiger partial charge on any atom is -0.475 e. The SMILES string of the molecule is CC(C)(C)c1nc2ccc(C(=O)C(=O)O)cc2s1. The van der Waals surface area contributed by atoms with Gasteiger partial charge in [-0.1, -0.05) is 20.8 Å². The van der Waals surface area contributed by atoms with Crippen LogP contribution in [0.2, 0.25) is 0 Å². The number of fused-ring (bicyclic) bond motifs is 1. The number of carbonyl (C=O) groups excluding carboxylic acids is 1. The second kappa shape index (κ2) is 4.17. The average Bonchev–Trinajstić information content (AvgIpc) is 2.69. The maximum Gasteiger partial charge on any atom is 0.377 e. The molecule has 0 radical (unpaired) electrons. The van der Waals surface area contributed by atoms with Crippen molar-refractivity contribution >= 4 is 33.3 Å². The Kier molecular flexibility index (Phi) is 2.94. The van der Waals surface area contributed by atoms with Crippen LogP contribution >= 0.6 is 11.3 Å². The van der Waals surface area contributed by atoms with Crippen molar-refractivity contribution in [3.8, 4) is 0 Å². The van der Waals surface area contributed by atoms with E-state index >= 15 is 0 Å². The van der Waals surface area contributed by atoms with Crippen LogP contribution in [0, 0.1) is 0 Å². The van der Waals surface area contributed by atoms with Crippen LogP contribution in [0.1, 0.15) is 36.1 Å². The van der Waals surface area contributed by atoms with E-state index in [-0.39, 0.29) is 11.0 Å². The van der Waals surface area contributed by atoms with Gasteiger partial charge < -0.3 is 5.11 Å².